The minimum atomic E-state index is -2.92. The molecule has 1 heterocycles. The van der Waals surface area contributed by atoms with Crippen LogP contribution in [0, 0.1) is 0 Å². The van der Waals surface area contributed by atoms with Crippen molar-refractivity contribution >= 4 is 27.1 Å². The normalized spacial score (nSPS) is 19.6. The average molecular weight is 333 g/mol. The van der Waals surface area contributed by atoms with Crippen molar-refractivity contribution < 1.29 is 13.2 Å². The van der Waals surface area contributed by atoms with E-state index in [2.05, 4.69) is 10.2 Å². The van der Waals surface area contributed by atoms with Gasteiger partial charge in [0.25, 0.3) is 0 Å². The molecule has 1 aliphatic rings. The fourth-order valence-electron chi connectivity index (χ4n) is 2.45. The molecule has 1 fully saturated rings. The van der Waals surface area contributed by atoms with Gasteiger partial charge >= 0.3 is 0 Å². The van der Waals surface area contributed by atoms with E-state index in [0.717, 1.165) is 25.3 Å². The van der Waals surface area contributed by atoms with Crippen molar-refractivity contribution in [2.45, 2.75) is 12.5 Å². The lowest BCUT2D eigenvalue weighted by Gasteiger charge is -2.35. The Hall–Kier alpha value is -0.980. The van der Waals surface area contributed by atoms with Crippen LogP contribution in [0.15, 0.2) is 18.2 Å². The highest BCUT2D eigenvalue weighted by Gasteiger charge is 2.21. The molecular formula is C14H21ClN2O3S. The molecule has 0 aromatic heterocycles. The largest absolute Gasteiger partial charge is 0.495 e. The molecule has 1 N–H and O–H groups in total. The lowest BCUT2D eigenvalue weighted by atomic mass is 10.1. The fourth-order valence-corrected chi connectivity index (χ4v) is 3.36. The van der Waals surface area contributed by atoms with Gasteiger partial charge in [0, 0.05) is 43.7 Å². The third kappa shape index (κ3) is 4.76. The van der Waals surface area contributed by atoms with E-state index < -0.39 is 9.84 Å². The quantitative estimate of drug-likeness (QED) is 0.886. The highest BCUT2D eigenvalue weighted by molar-refractivity contribution is 7.90. The molecule has 1 aromatic rings. The summed E-state index contributed by atoms with van der Waals surface area (Å²) in [6.45, 7) is 2.49. The molecule has 21 heavy (non-hydrogen) atoms. The summed E-state index contributed by atoms with van der Waals surface area (Å²) in [6, 6.07) is 5.88. The van der Waals surface area contributed by atoms with Gasteiger partial charge in [0.2, 0.25) is 0 Å². The zero-order chi connectivity index (χ0) is 15.5. The highest BCUT2D eigenvalue weighted by Crippen LogP contribution is 2.29. The first-order valence-corrected chi connectivity index (χ1v) is 9.32. The third-order valence-electron chi connectivity index (χ3n) is 3.59. The molecule has 0 bridgehead atoms. The SMILES string of the molecule is COc1cc(N2CCNC(CCS(C)(=O)=O)C2)ccc1Cl. The molecule has 1 aromatic carbocycles. The lowest BCUT2D eigenvalue weighted by Crippen LogP contribution is -2.51. The third-order valence-corrected chi connectivity index (χ3v) is 4.88. The Balaban J connectivity index is 2.03. The number of nitrogens with one attached hydrogen (secondary N) is 1. The minimum absolute atomic E-state index is 0.176. The summed E-state index contributed by atoms with van der Waals surface area (Å²) in [5, 5.41) is 3.96. The van der Waals surface area contributed by atoms with Crippen molar-refractivity contribution in [1.29, 1.82) is 0 Å². The number of anilines is 1. The van der Waals surface area contributed by atoms with E-state index in [-0.39, 0.29) is 11.8 Å². The smallest absolute Gasteiger partial charge is 0.147 e. The van der Waals surface area contributed by atoms with Crippen LogP contribution >= 0.6 is 11.6 Å². The Morgan fingerprint density at radius 3 is 2.90 bits per heavy atom. The first-order valence-electron chi connectivity index (χ1n) is 6.88. The Bertz CT molecular complexity index is 592. The molecule has 7 heteroatoms. The molecule has 0 saturated carbocycles. The predicted molar refractivity (Wildman–Crippen MR) is 86.3 cm³/mol. The summed E-state index contributed by atoms with van der Waals surface area (Å²) < 4.78 is 27.8. The number of hydrogen-bond donors (Lipinski definition) is 1. The van der Waals surface area contributed by atoms with Gasteiger partial charge in [0.15, 0.2) is 0 Å². The number of piperazine rings is 1. The summed E-state index contributed by atoms with van der Waals surface area (Å²) in [5.41, 5.74) is 1.04. The minimum Gasteiger partial charge on any atom is -0.495 e. The van der Waals surface area contributed by atoms with Gasteiger partial charge in [-0.2, -0.15) is 0 Å². The van der Waals surface area contributed by atoms with Crippen molar-refractivity contribution in [3.8, 4) is 5.75 Å². The molecule has 1 atom stereocenters. The molecule has 118 valence electrons. The summed E-state index contributed by atoms with van der Waals surface area (Å²) in [4.78, 5) is 2.22. The van der Waals surface area contributed by atoms with Gasteiger partial charge in [-0.15, -0.1) is 0 Å². The maximum atomic E-state index is 11.3. The van der Waals surface area contributed by atoms with E-state index in [1.165, 1.54) is 6.26 Å². The molecule has 1 unspecified atom stereocenters. The summed E-state index contributed by atoms with van der Waals surface area (Å²) in [6.07, 6.45) is 1.90. The fraction of sp³-hybridized carbons (Fsp3) is 0.571. The Morgan fingerprint density at radius 1 is 1.48 bits per heavy atom. The molecule has 5 nitrogen and oxygen atoms in total. The molecule has 0 radical (unpaired) electrons. The topological polar surface area (TPSA) is 58.6 Å². The van der Waals surface area contributed by atoms with Gasteiger partial charge in [0.1, 0.15) is 15.6 Å². The van der Waals surface area contributed by atoms with Crippen LogP contribution in [0.5, 0.6) is 5.75 Å². The van der Waals surface area contributed by atoms with Crippen molar-refractivity contribution in [2.75, 3.05) is 43.7 Å². The van der Waals surface area contributed by atoms with E-state index in [1.54, 1.807) is 7.11 Å². The van der Waals surface area contributed by atoms with Gasteiger partial charge < -0.3 is 15.0 Å². The van der Waals surface area contributed by atoms with E-state index in [4.69, 9.17) is 16.3 Å². The van der Waals surface area contributed by atoms with Crippen LogP contribution in [0.2, 0.25) is 5.02 Å². The Kier molecular flexibility index (Phi) is 5.35. The van der Waals surface area contributed by atoms with Crippen LogP contribution in [-0.4, -0.2) is 53.2 Å². The second-order valence-corrected chi connectivity index (χ2v) is 8.00. The van der Waals surface area contributed by atoms with Crippen LogP contribution in [0.1, 0.15) is 6.42 Å². The van der Waals surface area contributed by atoms with Gasteiger partial charge in [-0.05, 0) is 18.6 Å². The van der Waals surface area contributed by atoms with Gasteiger partial charge in [-0.1, -0.05) is 11.6 Å². The number of benzene rings is 1. The van der Waals surface area contributed by atoms with Crippen molar-refractivity contribution in [3.05, 3.63) is 23.2 Å². The molecule has 0 aliphatic carbocycles. The van der Waals surface area contributed by atoms with Gasteiger partial charge in [-0.3, -0.25) is 0 Å². The van der Waals surface area contributed by atoms with Gasteiger partial charge in [0.05, 0.1) is 17.9 Å². The lowest BCUT2D eigenvalue weighted by molar-refractivity contribution is 0.414. The molecule has 0 spiro atoms. The first kappa shape index (κ1) is 16.4. The van der Waals surface area contributed by atoms with E-state index in [0.29, 0.717) is 17.2 Å². The molecule has 1 aliphatic heterocycles. The van der Waals surface area contributed by atoms with Crippen LogP contribution in [0.3, 0.4) is 0 Å². The number of hydrogen-bond acceptors (Lipinski definition) is 5. The number of methoxy groups -OCH3 is 1. The van der Waals surface area contributed by atoms with Crippen LogP contribution in [0.4, 0.5) is 5.69 Å². The summed E-state index contributed by atoms with van der Waals surface area (Å²) in [5.74, 6) is 0.864. The second-order valence-electron chi connectivity index (χ2n) is 5.33. The highest BCUT2D eigenvalue weighted by atomic mass is 35.5. The second kappa shape index (κ2) is 6.85. The van der Waals surface area contributed by atoms with Crippen LogP contribution in [0.25, 0.3) is 0 Å². The number of rotatable bonds is 5. The first-order chi connectivity index (χ1) is 9.89. The zero-order valence-electron chi connectivity index (χ0n) is 12.3. The zero-order valence-corrected chi connectivity index (χ0v) is 13.9. The number of halogens is 1. The van der Waals surface area contributed by atoms with Gasteiger partial charge in [-0.25, -0.2) is 8.42 Å². The predicted octanol–water partition coefficient (Wildman–Crippen LogP) is 1.56. The van der Waals surface area contributed by atoms with Crippen LogP contribution < -0.4 is 15.0 Å². The molecule has 0 amide bonds. The molecule has 2 rings (SSSR count). The summed E-state index contributed by atoms with van der Waals surface area (Å²) in [7, 11) is -1.32. The van der Waals surface area contributed by atoms with Crippen molar-refractivity contribution in [3.63, 3.8) is 0 Å². The van der Waals surface area contributed by atoms with Crippen molar-refractivity contribution in [1.82, 2.24) is 5.32 Å². The Labute approximate surface area is 131 Å². The van der Waals surface area contributed by atoms with E-state index in [9.17, 15) is 8.42 Å². The number of nitrogens with zero attached hydrogens (tertiary/aromatic N) is 1. The molecular weight excluding hydrogens is 312 g/mol. The standard InChI is InChI=1S/C14H21ClN2O3S/c1-20-14-9-12(3-4-13(14)15)17-7-6-16-11(10-17)5-8-21(2,18)19/h3-4,9,11,16H,5-8,10H2,1-2H3. The number of sulfone groups is 1. The average Bonchev–Trinajstić information content (AvgIpc) is 2.45. The number of ether oxygens (including phenoxy) is 1. The maximum Gasteiger partial charge on any atom is 0.147 e. The van der Waals surface area contributed by atoms with E-state index >= 15 is 0 Å². The van der Waals surface area contributed by atoms with Crippen LogP contribution in [-0.2, 0) is 9.84 Å². The maximum absolute atomic E-state index is 11.3. The Morgan fingerprint density at radius 2 is 2.24 bits per heavy atom. The van der Waals surface area contributed by atoms with E-state index in [1.807, 2.05) is 18.2 Å². The van der Waals surface area contributed by atoms with Crippen molar-refractivity contribution in [2.24, 2.45) is 0 Å². The molecule has 1 saturated heterocycles. The summed E-state index contributed by atoms with van der Waals surface area (Å²) >= 11 is 6.04. The monoisotopic (exact) mass is 332 g/mol.